The molecule has 4 aliphatic rings. The Morgan fingerprint density at radius 2 is 1.93 bits per heavy atom. The number of fused-ring (bicyclic) bond motifs is 1. The zero-order valence-corrected chi connectivity index (χ0v) is 30.3. The molecule has 1 saturated carbocycles. The maximum absolute atomic E-state index is 13.9. The standard InChI is InChI=1S/C36H36N8O8S2/c37-36-41-25(17-54-36)28(43-52-21-6-1-2-7-21)32(48)42-29-33(49)44-30(35(50)51)24(16-53-34(29)44)27(22-10-13-39-31(22)47)23(18-8-11-38-12-9-18)15-26(46)40-19-4-3-5-20(45)14-19/h3-5,8-9,11-12,14,17,21,23,29,34,45H,1-2,6-7,10,13,15-16H2,(H2,37,41)(H,39,47)(H,40,46)(H,42,48)(H,50,51)/t23?,29-,34-/m1/s1. The largest absolute Gasteiger partial charge is 0.508 e. The number of nitrogen functional groups attached to an aromatic ring is 1. The maximum atomic E-state index is 13.9. The number of carbonyl (C=O) groups is 5. The average Bonchev–Trinajstić information content (AvgIpc) is 3.94. The summed E-state index contributed by atoms with van der Waals surface area (Å²) in [5.41, 5.74) is 7.31. The maximum Gasteiger partial charge on any atom is 0.352 e. The van der Waals surface area contributed by atoms with E-state index < -0.39 is 46.9 Å². The summed E-state index contributed by atoms with van der Waals surface area (Å²) in [6.07, 6.45) is 6.52. The van der Waals surface area contributed by atoms with Gasteiger partial charge in [-0.15, -0.1) is 23.1 Å². The van der Waals surface area contributed by atoms with Crippen molar-refractivity contribution in [2.75, 3.05) is 23.3 Å². The number of oxime groups is 1. The number of nitrogens with two attached hydrogens (primary N) is 1. The second-order valence-electron chi connectivity index (χ2n) is 13.0. The lowest BCUT2D eigenvalue weighted by Crippen LogP contribution is -2.71. The molecule has 3 atom stereocenters. The molecule has 1 aromatic carbocycles. The number of amides is 4. The average molecular weight is 773 g/mol. The van der Waals surface area contributed by atoms with Crippen LogP contribution in [0.15, 0.2) is 81.7 Å². The monoisotopic (exact) mass is 772 g/mol. The van der Waals surface area contributed by atoms with E-state index in [0.717, 1.165) is 41.9 Å². The number of phenolic OH excluding ortho intramolecular Hbond substituents is 1. The van der Waals surface area contributed by atoms with Gasteiger partial charge in [0, 0.05) is 59.7 Å². The summed E-state index contributed by atoms with van der Waals surface area (Å²) in [4.78, 5) is 82.7. The molecule has 280 valence electrons. The van der Waals surface area contributed by atoms with Crippen LogP contribution in [0.25, 0.3) is 0 Å². The number of benzene rings is 1. The van der Waals surface area contributed by atoms with Crippen LogP contribution in [0, 0.1) is 0 Å². The topological polar surface area (TPSA) is 239 Å². The number of hydrogen-bond donors (Lipinski definition) is 6. The molecule has 18 heteroatoms. The zero-order valence-electron chi connectivity index (χ0n) is 28.7. The molecule has 0 radical (unpaired) electrons. The number of phenols is 1. The van der Waals surface area contributed by atoms with Gasteiger partial charge in [-0.2, -0.15) is 0 Å². The van der Waals surface area contributed by atoms with Crippen molar-refractivity contribution in [2.24, 2.45) is 5.16 Å². The highest BCUT2D eigenvalue weighted by Crippen LogP contribution is 2.47. The number of thioether (sulfide) groups is 1. The number of nitrogens with one attached hydrogen (secondary N) is 3. The van der Waals surface area contributed by atoms with Gasteiger partial charge in [-0.1, -0.05) is 11.2 Å². The normalized spacial score (nSPS) is 21.6. The lowest BCUT2D eigenvalue weighted by atomic mass is 9.80. The highest BCUT2D eigenvalue weighted by Gasteiger charge is 2.55. The Balaban J connectivity index is 1.21. The van der Waals surface area contributed by atoms with Crippen LogP contribution in [-0.4, -0.2) is 90.2 Å². The number of carbonyl (C=O) groups excluding carboxylic acids is 4. The van der Waals surface area contributed by atoms with E-state index in [1.54, 1.807) is 29.6 Å². The Morgan fingerprint density at radius 1 is 1.15 bits per heavy atom. The fourth-order valence-electron chi connectivity index (χ4n) is 7.10. The van der Waals surface area contributed by atoms with Crippen LogP contribution in [0.4, 0.5) is 10.8 Å². The molecule has 1 aliphatic carbocycles. The van der Waals surface area contributed by atoms with Crippen LogP contribution in [0.2, 0.25) is 0 Å². The second-order valence-corrected chi connectivity index (χ2v) is 15.0. The van der Waals surface area contributed by atoms with E-state index in [-0.39, 0.29) is 58.3 Å². The van der Waals surface area contributed by atoms with Gasteiger partial charge < -0.3 is 36.7 Å². The summed E-state index contributed by atoms with van der Waals surface area (Å²) in [6.45, 7) is 0.303. The number of pyridine rings is 1. The summed E-state index contributed by atoms with van der Waals surface area (Å²) in [5.74, 6) is -4.52. The Hall–Kier alpha value is -5.75. The van der Waals surface area contributed by atoms with E-state index in [4.69, 9.17) is 10.6 Å². The third-order valence-corrected chi connectivity index (χ3v) is 11.5. The van der Waals surface area contributed by atoms with E-state index >= 15 is 0 Å². The van der Waals surface area contributed by atoms with E-state index in [0.29, 0.717) is 28.9 Å². The van der Waals surface area contributed by atoms with E-state index in [9.17, 15) is 34.2 Å². The van der Waals surface area contributed by atoms with Crippen molar-refractivity contribution in [1.82, 2.24) is 25.5 Å². The van der Waals surface area contributed by atoms with E-state index in [2.05, 4.69) is 31.1 Å². The van der Waals surface area contributed by atoms with Crippen LogP contribution in [0.3, 0.4) is 0 Å². The van der Waals surface area contributed by atoms with E-state index in [1.807, 2.05) is 0 Å². The number of thiazole rings is 1. The number of rotatable bonds is 12. The Morgan fingerprint density at radius 3 is 2.59 bits per heavy atom. The first-order valence-corrected chi connectivity index (χ1v) is 19.2. The molecule has 0 spiro atoms. The first-order chi connectivity index (χ1) is 26.1. The van der Waals surface area contributed by atoms with Crippen LogP contribution >= 0.6 is 23.1 Å². The number of carboxylic acid groups (broad SMARTS) is 1. The van der Waals surface area contributed by atoms with Gasteiger partial charge in [-0.05, 0) is 73.1 Å². The number of hydrogen-bond acceptors (Lipinski definition) is 13. The summed E-state index contributed by atoms with van der Waals surface area (Å²) in [6, 6.07) is 8.30. The molecule has 3 fully saturated rings. The van der Waals surface area contributed by atoms with Gasteiger partial charge in [0.1, 0.15) is 34.7 Å². The highest BCUT2D eigenvalue weighted by molar-refractivity contribution is 8.00. The zero-order chi connectivity index (χ0) is 37.9. The van der Waals surface area contributed by atoms with Crippen LogP contribution in [0.1, 0.15) is 55.7 Å². The third kappa shape index (κ3) is 7.52. The minimum absolute atomic E-state index is 0.0404. The number of aromatic nitrogens is 2. The Bertz CT molecular complexity index is 2100. The first kappa shape index (κ1) is 36.6. The minimum atomic E-state index is -1.41. The SMILES string of the molecule is Nc1nc(C(=NOC2CCCC2)C(=O)N[C@@H]2C(=O)N3C(C(=O)O)=C(C(=C4CCNC4=O)C(CC(=O)Nc4cccc(O)c4)c4ccncc4)CS[C@H]23)cs1. The van der Waals surface area contributed by atoms with Crippen LogP contribution in [-0.2, 0) is 28.8 Å². The number of carboxylic acids is 1. The van der Waals surface area contributed by atoms with Crippen molar-refractivity contribution >= 4 is 69.2 Å². The molecule has 3 aliphatic heterocycles. The second kappa shape index (κ2) is 15.7. The molecule has 0 bridgehead atoms. The van der Waals surface area contributed by atoms with Gasteiger partial charge in [0.2, 0.25) is 11.8 Å². The summed E-state index contributed by atoms with van der Waals surface area (Å²) in [5, 5.41) is 34.0. The molecule has 54 heavy (non-hydrogen) atoms. The van der Waals surface area contributed by atoms with Gasteiger partial charge in [-0.25, -0.2) is 9.78 Å². The molecular weight excluding hydrogens is 737 g/mol. The molecule has 2 saturated heterocycles. The molecule has 3 aromatic rings. The molecule has 7 N–H and O–H groups in total. The lowest BCUT2D eigenvalue weighted by molar-refractivity contribution is -0.150. The molecule has 5 heterocycles. The summed E-state index contributed by atoms with van der Waals surface area (Å²) in [7, 11) is 0. The molecule has 2 aromatic heterocycles. The molecule has 4 amide bonds. The number of aromatic hydroxyl groups is 1. The van der Waals surface area contributed by atoms with Crippen LogP contribution < -0.4 is 21.7 Å². The smallest absolute Gasteiger partial charge is 0.352 e. The number of allylic oxidation sites excluding steroid dienone is 1. The summed E-state index contributed by atoms with van der Waals surface area (Å²) < 4.78 is 0. The first-order valence-electron chi connectivity index (χ1n) is 17.3. The van der Waals surface area contributed by atoms with Gasteiger partial charge in [0.05, 0.1) is 0 Å². The molecular formula is C36H36N8O8S2. The molecule has 16 nitrogen and oxygen atoms in total. The van der Waals surface area contributed by atoms with Crippen molar-refractivity contribution in [3.8, 4) is 5.75 Å². The number of aliphatic carboxylic acids is 1. The van der Waals surface area contributed by atoms with Crippen molar-refractivity contribution < 1.29 is 39.0 Å². The van der Waals surface area contributed by atoms with Gasteiger partial charge >= 0.3 is 5.97 Å². The van der Waals surface area contributed by atoms with Crippen molar-refractivity contribution in [2.45, 2.75) is 62.0 Å². The fraction of sp³-hybridized carbons (Fsp3) is 0.333. The Kier molecular flexibility index (Phi) is 10.6. The van der Waals surface area contributed by atoms with E-state index in [1.165, 1.54) is 36.3 Å². The fourth-order valence-corrected chi connectivity index (χ4v) is 9.01. The minimum Gasteiger partial charge on any atom is -0.508 e. The third-order valence-electron chi connectivity index (χ3n) is 9.59. The van der Waals surface area contributed by atoms with Crippen LogP contribution in [0.5, 0.6) is 5.75 Å². The molecule has 7 rings (SSSR count). The lowest BCUT2D eigenvalue weighted by Gasteiger charge is -2.50. The predicted molar refractivity (Wildman–Crippen MR) is 199 cm³/mol. The molecule has 1 unspecified atom stereocenters. The summed E-state index contributed by atoms with van der Waals surface area (Å²) >= 11 is 2.34. The van der Waals surface area contributed by atoms with Gasteiger partial charge in [0.15, 0.2) is 10.8 Å². The number of anilines is 2. The Labute approximate surface area is 316 Å². The van der Waals surface area contributed by atoms with Crippen molar-refractivity contribution in [1.29, 1.82) is 0 Å². The van der Waals surface area contributed by atoms with Gasteiger partial charge in [0.25, 0.3) is 11.8 Å². The van der Waals surface area contributed by atoms with Gasteiger partial charge in [-0.3, -0.25) is 29.1 Å². The number of nitrogens with zero attached hydrogens (tertiary/aromatic N) is 4. The number of β-lactam (4-membered cyclic amide) rings is 1. The quantitative estimate of drug-likeness (QED) is 0.0675. The highest BCUT2D eigenvalue weighted by atomic mass is 32.2. The van der Waals surface area contributed by atoms with Crippen molar-refractivity contribution in [3.05, 3.63) is 87.8 Å². The predicted octanol–water partition coefficient (Wildman–Crippen LogP) is 2.86. The van der Waals surface area contributed by atoms with Crippen molar-refractivity contribution in [3.63, 3.8) is 0 Å².